The number of allylic oxidation sites excluding steroid dienone is 1. The molecule has 0 aromatic heterocycles. The summed E-state index contributed by atoms with van der Waals surface area (Å²) in [5, 5.41) is 8.44. The summed E-state index contributed by atoms with van der Waals surface area (Å²) in [6.45, 7) is 7.79. The second-order valence-corrected chi connectivity index (χ2v) is 4.61. The van der Waals surface area contributed by atoms with Crippen LogP contribution in [0.4, 0.5) is 0 Å². The van der Waals surface area contributed by atoms with Crippen LogP contribution < -0.4 is 0 Å². The number of hydrogen-bond acceptors (Lipinski definition) is 5. The lowest BCUT2D eigenvalue weighted by Gasteiger charge is -2.23. The smallest absolute Gasteiger partial charge is 0.375 e. The van der Waals surface area contributed by atoms with Crippen molar-refractivity contribution < 1.29 is 29.0 Å². The van der Waals surface area contributed by atoms with Gasteiger partial charge in [-0.15, -0.1) is 0 Å². The largest absolute Gasteiger partial charge is 0.475 e. The average Bonchev–Trinajstić information content (AvgIpc) is 2.14. The number of rotatable bonds is 7. The molecule has 0 bridgehead atoms. The standard InChI is InChI=1S/C12H16O6/c1-7(2)5-8(13)11(17)18-12(3,4)6-9(14)10(15)16/h1,5-6H2,2-4H3,(H,15,16). The molecule has 1 N–H and O–H groups in total. The van der Waals surface area contributed by atoms with Gasteiger partial charge in [-0.05, 0) is 20.8 Å². The molecule has 0 fully saturated rings. The second kappa shape index (κ2) is 6.09. The Morgan fingerprint density at radius 1 is 1.17 bits per heavy atom. The molecule has 18 heavy (non-hydrogen) atoms. The molecule has 0 atom stereocenters. The van der Waals surface area contributed by atoms with Crippen molar-refractivity contribution >= 4 is 23.5 Å². The number of carboxylic acid groups (broad SMARTS) is 1. The van der Waals surface area contributed by atoms with Crippen LogP contribution in [0.25, 0.3) is 0 Å². The molecule has 6 nitrogen and oxygen atoms in total. The van der Waals surface area contributed by atoms with Gasteiger partial charge >= 0.3 is 11.9 Å². The number of aliphatic carboxylic acids is 1. The first-order valence-electron chi connectivity index (χ1n) is 5.22. The van der Waals surface area contributed by atoms with Crippen LogP contribution in [0.5, 0.6) is 0 Å². The molecule has 0 aliphatic carbocycles. The number of hydrogen-bond donors (Lipinski definition) is 1. The summed E-state index contributed by atoms with van der Waals surface area (Å²) in [4.78, 5) is 44.1. The van der Waals surface area contributed by atoms with E-state index in [4.69, 9.17) is 9.84 Å². The monoisotopic (exact) mass is 256 g/mol. The first kappa shape index (κ1) is 16.0. The molecule has 0 aliphatic rings. The van der Waals surface area contributed by atoms with E-state index in [0.29, 0.717) is 5.57 Å². The third-order valence-corrected chi connectivity index (χ3v) is 1.88. The summed E-state index contributed by atoms with van der Waals surface area (Å²) in [5.74, 6) is -4.56. The zero-order valence-electron chi connectivity index (χ0n) is 10.6. The van der Waals surface area contributed by atoms with Crippen molar-refractivity contribution in [3.63, 3.8) is 0 Å². The SMILES string of the molecule is C=C(C)CC(=O)C(=O)OC(C)(C)CC(=O)C(=O)O. The van der Waals surface area contributed by atoms with Gasteiger partial charge in [0.1, 0.15) is 5.60 Å². The van der Waals surface area contributed by atoms with E-state index in [9.17, 15) is 19.2 Å². The maximum Gasteiger partial charge on any atom is 0.375 e. The van der Waals surface area contributed by atoms with E-state index in [1.165, 1.54) is 13.8 Å². The predicted molar refractivity (Wildman–Crippen MR) is 61.9 cm³/mol. The maximum atomic E-state index is 11.4. The van der Waals surface area contributed by atoms with E-state index in [1.807, 2.05) is 0 Å². The first-order valence-corrected chi connectivity index (χ1v) is 5.22. The molecular formula is C12H16O6. The van der Waals surface area contributed by atoms with Crippen molar-refractivity contribution in [2.24, 2.45) is 0 Å². The lowest BCUT2D eigenvalue weighted by molar-refractivity contribution is -0.166. The fourth-order valence-corrected chi connectivity index (χ4v) is 1.15. The Morgan fingerprint density at radius 3 is 2.06 bits per heavy atom. The third-order valence-electron chi connectivity index (χ3n) is 1.88. The number of carbonyl (C=O) groups is 4. The minimum Gasteiger partial charge on any atom is -0.475 e. The Bertz CT molecular complexity index is 405. The highest BCUT2D eigenvalue weighted by molar-refractivity contribution is 6.34. The van der Waals surface area contributed by atoms with Crippen LogP contribution in [0.15, 0.2) is 12.2 Å². The van der Waals surface area contributed by atoms with Crippen molar-refractivity contribution in [3.05, 3.63) is 12.2 Å². The summed E-state index contributed by atoms with van der Waals surface area (Å²) in [6.07, 6.45) is -0.629. The highest BCUT2D eigenvalue weighted by Crippen LogP contribution is 2.16. The molecule has 0 radical (unpaired) electrons. The molecule has 0 aromatic carbocycles. The minimum absolute atomic E-state index is 0.137. The van der Waals surface area contributed by atoms with Crippen molar-refractivity contribution in [1.82, 2.24) is 0 Å². The van der Waals surface area contributed by atoms with E-state index in [-0.39, 0.29) is 6.42 Å². The van der Waals surface area contributed by atoms with E-state index >= 15 is 0 Å². The summed E-state index contributed by atoms with van der Waals surface area (Å²) < 4.78 is 4.81. The molecule has 0 saturated heterocycles. The van der Waals surface area contributed by atoms with Crippen molar-refractivity contribution in [2.75, 3.05) is 0 Å². The molecule has 0 aliphatic heterocycles. The van der Waals surface area contributed by atoms with Crippen LogP contribution in [0.1, 0.15) is 33.6 Å². The fraction of sp³-hybridized carbons (Fsp3) is 0.500. The Morgan fingerprint density at radius 2 is 1.67 bits per heavy atom. The van der Waals surface area contributed by atoms with Crippen LogP contribution in [0, 0.1) is 0 Å². The van der Waals surface area contributed by atoms with Gasteiger partial charge in [-0.1, -0.05) is 12.2 Å². The molecule has 0 amide bonds. The van der Waals surface area contributed by atoms with E-state index in [1.54, 1.807) is 6.92 Å². The predicted octanol–water partition coefficient (Wildman–Crippen LogP) is 0.887. The van der Waals surface area contributed by atoms with Crippen LogP contribution in [0.2, 0.25) is 0 Å². The lowest BCUT2D eigenvalue weighted by Crippen LogP contribution is -2.35. The minimum atomic E-state index is -1.60. The quantitative estimate of drug-likeness (QED) is 0.412. The summed E-state index contributed by atoms with van der Waals surface area (Å²) in [5.41, 5.74) is -0.825. The van der Waals surface area contributed by atoms with E-state index < -0.39 is 35.5 Å². The number of carbonyl (C=O) groups excluding carboxylic acids is 3. The fourth-order valence-electron chi connectivity index (χ4n) is 1.15. The van der Waals surface area contributed by atoms with E-state index in [2.05, 4.69) is 6.58 Å². The molecule has 100 valence electrons. The summed E-state index contributed by atoms with van der Waals surface area (Å²) in [7, 11) is 0. The van der Waals surface area contributed by atoms with Crippen LogP contribution in [-0.2, 0) is 23.9 Å². The van der Waals surface area contributed by atoms with Gasteiger partial charge in [0.15, 0.2) is 0 Å². The Labute approximate surface area is 105 Å². The number of ketones is 2. The molecule has 0 unspecified atom stereocenters. The van der Waals surface area contributed by atoms with Gasteiger partial charge in [-0.2, -0.15) is 0 Å². The highest BCUT2D eigenvalue weighted by Gasteiger charge is 2.31. The zero-order chi connectivity index (χ0) is 14.5. The first-order chi connectivity index (χ1) is 8.05. The van der Waals surface area contributed by atoms with Gasteiger partial charge < -0.3 is 9.84 Å². The van der Waals surface area contributed by atoms with Crippen LogP contribution >= 0.6 is 0 Å². The topological polar surface area (TPSA) is 97.7 Å². The van der Waals surface area contributed by atoms with Crippen molar-refractivity contribution in [3.8, 4) is 0 Å². The zero-order valence-corrected chi connectivity index (χ0v) is 10.6. The summed E-state index contributed by atoms with van der Waals surface area (Å²) in [6, 6.07) is 0. The van der Waals surface area contributed by atoms with Gasteiger partial charge in [0.25, 0.3) is 0 Å². The van der Waals surface area contributed by atoms with Crippen LogP contribution in [-0.4, -0.2) is 34.2 Å². The number of Topliss-reactive ketones (excluding diaryl/α,β-unsaturated/α-hetero) is 2. The van der Waals surface area contributed by atoms with Crippen LogP contribution in [0.3, 0.4) is 0 Å². The molecule has 0 saturated carbocycles. The lowest BCUT2D eigenvalue weighted by atomic mass is 10.0. The molecule has 6 heteroatoms. The van der Waals surface area contributed by atoms with Gasteiger partial charge in [0.2, 0.25) is 11.6 Å². The van der Waals surface area contributed by atoms with Gasteiger partial charge in [0, 0.05) is 6.42 Å². The Balaban J connectivity index is 4.53. The Hall–Kier alpha value is -1.98. The number of ether oxygens (including phenoxy) is 1. The normalized spacial score (nSPS) is 10.6. The molecule has 0 aromatic rings. The highest BCUT2D eigenvalue weighted by atomic mass is 16.6. The molecule has 0 spiro atoms. The number of carboxylic acids is 1. The van der Waals surface area contributed by atoms with Crippen molar-refractivity contribution in [1.29, 1.82) is 0 Å². The number of esters is 1. The maximum absolute atomic E-state index is 11.4. The molecule has 0 rings (SSSR count). The Kier molecular flexibility index (Phi) is 5.42. The third kappa shape index (κ3) is 5.93. The second-order valence-electron chi connectivity index (χ2n) is 4.61. The summed E-state index contributed by atoms with van der Waals surface area (Å²) >= 11 is 0. The van der Waals surface area contributed by atoms with E-state index in [0.717, 1.165) is 0 Å². The van der Waals surface area contributed by atoms with Gasteiger partial charge in [0.05, 0.1) is 6.42 Å². The van der Waals surface area contributed by atoms with Gasteiger partial charge in [-0.3, -0.25) is 9.59 Å². The molecular weight excluding hydrogens is 240 g/mol. The average molecular weight is 256 g/mol. The molecule has 0 heterocycles. The van der Waals surface area contributed by atoms with Crippen molar-refractivity contribution in [2.45, 2.75) is 39.2 Å². The van der Waals surface area contributed by atoms with Gasteiger partial charge in [-0.25, -0.2) is 9.59 Å².